The van der Waals surface area contributed by atoms with Gasteiger partial charge in [0.1, 0.15) is 5.75 Å². The van der Waals surface area contributed by atoms with E-state index in [0.29, 0.717) is 41.4 Å². The number of rotatable bonds is 10. The van der Waals surface area contributed by atoms with Gasteiger partial charge < -0.3 is 19.4 Å². The molecule has 3 aromatic rings. The number of halogens is 4. The van der Waals surface area contributed by atoms with Gasteiger partial charge in [-0.25, -0.2) is 0 Å². The summed E-state index contributed by atoms with van der Waals surface area (Å²) in [6.07, 6.45) is -4.23. The number of ether oxygens (including phenoxy) is 2. The first kappa shape index (κ1) is 27.3. The van der Waals surface area contributed by atoms with Gasteiger partial charge in [-0.05, 0) is 53.9 Å². The lowest BCUT2D eigenvalue weighted by atomic mass is 10.1. The second kappa shape index (κ2) is 12.6. The number of hydrogen-bond donors (Lipinski definition) is 1. The van der Waals surface area contributed by atoms with Crippen molar-refractivity contribution in [3.63, 3.8) is 0 Å². The third kappa shape index (κ3) is 8.72. The summed E-state index contributed by atoms with van der Waals surface area (Å²) < 4.78 is 48.1. The van der Waals surface area contributed by atoms with Crippen molar-refractivity contribution in [2.45, 2.75) is 32.8 Å². The number of nitrogens with zero attached hydrogens (tertiary/aromatic N) is 2. The van der Waals surface area contributed by atoms with Crippen LogP contribution in [-0.2, 0) is 27.4 Å². The van der Waals surface area contributed by atoms with Gasteiger partial charge >= 0.3 is 12.3 Å². The lowest BCUT2D eigenvalue weighted by Gasteiger charge is -2.12. The Kier molecular flexibility index (Phi) is 9.54. The minimum Gasteiger partial charge on any atom is -0.456 e. The first-order valence-electron chi connectivity index (χ1n) is 10.8. The van der Waals surface area contributed by atoms with Crippen LogP contribution >= 0.6 is 22.9 Å². The topological polar surface area (TPSA) is 81.9 Å². The Morgan fingerprint density at radius 3 is 2.44 bits per heavy atom. The minimum absolute atomic E-state index is 0.309. The molecule has 36 heavy (non-hydrogen) atoms. The van der Waals surface area contributed by atoms with Crippen molar-refractivity contribution in [2.75, 3.05) is 13.2 Å². The largest absolute Gasteiger partial charge is 0.573 e. The van der Waals surface area contributed by atoms with Gasteiger partial charge in [0.05, 0.1) is 12.2 Å². The van der Waals surface area contributed by atoms with Crippen LogP contribution in [-0.4, -0.2) is 36.0 Å². The van der Waals surface area contributed by atoms with Gasteiger partial charge in [0.15, 0.2) is 11.4 Å². The molecule has 0 unspecified atom stereocenters. The first-order chi connectivity index (χ1) is 17.1. The molecule has 1 aromatic heterocycles. The van der Waals surface area contributed by atoms with Crippen LogP contribution in [0.5, 0.6) is 5.75 Å². The highest BCUT2D eigenvalue weighted by molar-refractivity contribution is 7.07. The number of alkyl halides is 3. The Hall–Kier alpha value is -3.31. The van der Waals surface area contributed by atoms with E-state index in [1.54, 1.807) is 24.3 Å². The molecular weight excluding hydrogens is 519 g/mol. The quantitative estimate of drug-likeness (QED) is 0.291. The van der Waals surface area contributed by atoms with E-state index in [1.807, 2.05) is 22.1 Å². The standard InChI is InChI=1S/C24H23ClF3N3O4S/c1-16(32)34-14-22(33)29-11-2-12-31-21(18-5-9-20(10-6-18)35-24(26,27)28)15-36-23(31)30-13-17-3-7-19(25)8-4-17/h3-10,15H,2,11-14H2,1H3,(H,29,33)/b30-23-. The Bertz CT molecular complexity index is 1240. The van der Waals surface area contributed by atoms with E-state index >= 15 is 0 Å². The Morgan fingerprint density at radius 2 is 1.81 bits per heavy atom. The zero-order chi connectivity index (χ0) is 26.1. The van der Waals surface area contributed by atoms with Crippen LogP contribution in [0.4, 0.5) is 13.2 Å². The molecule has 0 fully saturated rings. The number of carbonyl (C=O) groups is 2. The van der Waals surface area contributed by atoms with E-state index in [2.05, 4.69) is 14.8 Å². The van der Waals surface area contributed by atoms with Crippen LogP contribution in [0.15, 0.2) is 58.9 Å². The monoisotopic (exact) mass is 541 g/mol. The zero-order valence-electron chi connectivity index (χ0n) is 19.2. The van der Waals surface area contributed by atoms with E-state index in [9.17, 15) is 22.8 Å². The summed E-state index contributed by atoms with van der Waals surface area (Å²) in [7, 11) is 0. The summed E-state index contributed by atoms with van der Waals surface area (Å²) in [5, 5.41) is 5.18. The molecule has 7 nitrogen and oxygen atoms in total. The van der Waals surface area contributed by atoms with Crippen LogP contribution in [0.1, 0.15) is 18.9 Å². The van der Waals surface area contributed by atoms with Crippen molar-refractivity contribution >= 4 is 34.8 Å². The van der Waals surface area contributed by atoms with Crippen LogP contribution in [0.3, 0.4) is 0 Å². The summed E-state index contributed by atoms with van der Waals surface area (Å²) in [5.74, 6) is -1.26. The average Bonchev–Trinajstić information content (AvgIpc) is 3.22. The molecule has 0 aliphatic heterocycles. The van der Waals surface area contributed by atoms with Crippen molar-refractivity contribution in [3.05, 3.63) is 69.3 Å². The molecule has 0 bridgehead atoms. The van der Waals surface area contributed by atoms with Crippen LogP contribution in [0.2, 0.25) is 5.02 Å². The highest BCUT2D eigenvalue weighted by Gasteiger charge is 2.31. The SMILES string of the molecule is CC(=O)OCC(=O)NCCCn1c(-c2ccc(OC(F)(F)F)cc2)cs/c1=N\Cc1ccc(Cl)cc1. The van der Waals surface area contributed by atoms with Gasteiger partial charge in [-0.1, -0.05) is 23.7 Å². The predicted octanol–water partition coefficient (Wildman–Crippen LogP) is 4.94. The maximum absolute atomic E-state index is 12.5. The number of amides is 1. The van der Waals surface area contributed by atoms with E-state index in [4.69, 9.17) is 16.6 Å². The van der Waals surface area contributed by atoms with Gasteiger partial charge in [-0.15, -0.1) is 24.5 Å². The Labute approximate surface area is 214 Å². The van der Waals surface area contributed by atoms with Crippen molar-refractivity contribution < 1.29 is 32.2 Å². The normalized spacial score (nSPS) is 11.9. The molecule has 0 aliphatic carbocycles. The lowest BCUT2D eigenvalue weighted by molar-refractivity contribution is -0.274. The van der Waals surface area contributed by atoms with Crippen LogP contribution in [0, 0.1) is 0 Å². The molecule has 1 heterocycles. The maximum Gasteiger partial charge on any atom is 0.573 e. The summed E-state index contributed by atoms with van der Waals surface area (Å²) >= 11 is 7.34. The number of esters is 1. The molecule has 192 valence electrons. The van der Waals surface area contributed by atoms with E-state index in [1.165, 1.54) is 30.4 Å². The summed E-state index contributed by atoms with van der Waals surface area (Å²) in [6, 6.07) is 12.9. The fourth-order valence-corrected chi connectivity index (χ4v) is 4.22. The minimum atomic E-state index is -4.77. The highest BCUT2D eigenvalue weighted by Crippen LogP contribution is 2.27. The number of aromatic nitrogens is 1. The second-order valence-electron chi connectivity index (χ2n) is 7.55. The maximum atomic E-state index is 12.5. The molecule has 0 atom stereocenters. The van der Waals surface area contributed by atoms with Crippen LogP contribution in [0.25, 0.3) is 11.3 Å². The molecule has 1 amide bonds. The van der Waals surface area contributed by atoms with Crippen molar-refractivity contribution in [3.8, 4) is 17.0 Å². The summed E-state index contributed by atoms with van der Waals surface area (Å²) in [4.78, 5) is 28.0. The summed E-state index contributed by atoms with van der Waals surface area (Å²) in [6.45, 7) is 2.10. The third-order valence-electron chi connectivity index (χ3n) is 4.78. The zero-order valence-corrected chi connectivity index (χ0v) is 20.8. The van der Waals surface area contributed by atoms with E-state index in [-0.39, 0.29) is 12.4 Å². The van der Waals surface area contributed by atoms with E-state index < -0.39 is 18.2 Å². The van der Waals surface area contributed by atoms with Crippen LogP contribution < -0.4 is 14.9 Å². The van der Waals surface area contributed by atoms with Crippen molar-refractivity contribution in [1.82, 2.24) is 9.88 Å². The van der Waals surface area contributed by atoms with Gasteiger partial charge in [-0.3, -0.25) is 14.6 Å². The van der Waals surface area contributed by atoms with Crippen molar-refractivity contribution in [2.24, 2.45) is 4.99 Å². The van der Waals surface area contributed by atoms with Gasteiger partial charge in [0, 0.05) is 30.4 Å². The Morgan fingerprint density at radius 1 is 1.11 bits per heavy atom. The molecule has 12 heteroatoms. The highest BCUT2D eigenvalue weighted by atomic mass is 35.5. The first-order valence-corrected chi connectivity index (χ1v) is 12.1. The average molecular weight is 542 g/mol. The fraction of sp³-hybridized carbons (Fsp3) is 0.292. The van der Waals surface area contributed by atoms with Gasteiger partial charge in [0.2, 0.25) is 0 Å². The molecule has 2 aromatic carbocycles. The molecule has 0 saturated heterocycles. The molecular formula is C24H23ClF3N3O4S. The molecule has 0 aliphatic rings. The lowest BCUT2D eigenvalue weighted by Crippen LogP contribution is -2.30. The van der Waals surface area contributed by atoms with Gasteiger partial charge in [0.25, 0.3) is 5.91 Å². The predicted molar refractivity (Wildman–Crippen MR) is 129 cm³/mol. The number of benzene rings is 2. The number of nitrogens with one attached hydrogen (secondary N) is 1. The molecule has 0 radical (unpaired) electrons. The fourth-order valence-electron chi connectivity index (χ4n) is 3.16. The number of carbonyl (C=O) groups excluding carboxylic acids is 2. The molecule has 3 rings (SSSR count). The second-order valence-corrected chi connectivity index (χ2v) is 8.83. The number of thiazole rings is 1. The molecule has 0 spiro atoms. The van der Waals surface area contributed by atoms with Crippen molar-refractivity contribution in [1.29, 1.82) is 0 Å². The van der Waals surface area contributed by atoms with E-state index in [0.717, 1.165) is 11.3 Å². The Balaban J connectivity index is 1.78. The molecule has 1 N–H and O–H groups in total. The number of hydrogen-bond acceptors (Lipinski definition) is 6. The summed E-state index contributed by atoms with van der Waals surface area (Å²) in [5.41, 5.74) is 2.42. The molecule has 0 saturated carbocycles. The van der Waals surface area contributed by atoms with Gasteiger partial charge in [-0.2, -0.15) is 0 Å². The smallest absolute Gasteiger partial charge is 0.456 e. The third-order valence-corrected chi connectivity index (χ3v) is 5.93.